The molecule has 4 nitrogen and oxygen atoms in total. The second kappa shape index (κ2) is 5.90. The third kappa shape index (κ3) is 2.95. The molecule has 2 aromatic rings. The number of rotatable bonds is 3. The molecule has 1 fully saturated rings. The van der Waals surface area contributed by atoms with Crippen molar-refractivity contribution in [3.05, 3.63) is 36.0 Å². The number of carbonyl (C=O) groups is 1. The van der Waals surface area contributed by atoms with Crippen molar-refractivity contribution in [2.24, 2.45) is 11.7 Å². The zero-order chi connectivity index (χ0) is 14.8. The third-order valence-electron chi connectivity index (χ3n) is 4.40. The van der Waals surface area contributed by atoms with E-state index in [0.29, 0.717) is 12.3 Å². The number of amides is 1. The van der Waals surface area contributed by atoms with Crippen molar-refractivity contribution in [1.82, 2.24) is 9.88 Å². The lowest BCUT2D eigenvalue weighted by molar-refractivity contribution is -0.134. The molecular weight excluding hydrogens is 262 g/mol. The number of nitrogens with two attached hydrogens (primary N) is 1. The molecule has 0 saturated carbocycles. The number of piperidine rings is 1. The predicted molar refractivity (Wildman–Crippen MR) is 85.0 cm³/mol. The molecule has 112 valence electrons. The van der Waals surface area contributed by atoms with Crippen LogP contribution in [-0.2, 0) is 11.2 Å². The molecular formula is C17H23N3O. The van der Waals surface area contributed by atoms with Crippen LogP contribution in [0.15, 0.2) is 30.5 Å². The number of fused-ring (bicyclic) bond motifs is 1. The van der Waals surface area contributed by atoms with Crippen LogP contribution < -0.4 is 5.73 Å². The van der Waals surface area contributed by atoms with Crippen LogP contribution in [0.3, 0.4) is 0 Å². The number of hydrogen-bond donors (Lipinski definition) is 2. The number of carbonyl (C=O) groups excluding carboxylic acids is 1. The zero-order valence-electron chi connectivity index (χ0n) is 12.5. The summed E-state index contributed by atoms with van der Waals surface area (Å²) in [5.74, 6) is 0.676. The van der Waals surface area contributed by atoms with Crippen molar-refractivity contribution in [2.45, 2.75) is 32.2 Å². The lowest BCUT2D eigenvalue weighted by Crippen LogP contribution is -2.48. The van der Waals surface area contributed by atoms with Gasteiger partial charge in [-0.25, -0.2) is 0 Å². The first kappa shape index (κ1) is 14.1. The van der Waals surface area contributed by atoms with Crippen LogP contribution in [-0.4, -0.2) is 34.9 Å². The first-order chi connectivity index (χ1) is 10.1. The molecule has 1 aliphatic heterocycles. The highest BCUT2D eigenvalue weighted by atomic mass is 16.2. The number of nitrogens with zero attached hydrogens (tertiary/aromatic N) is 1. The monoisotopic (exact) mass is 285 g/mol. The van der Waals surface area contributed by atoms with Crippen LogP contribution in [0.2, 0.25) is 0 Å². The summed E-state index contributed by atoms with van der Waals surface area (Å²) in [7, 11) is 0. The molecule has 0 bridgehead atoms. The molecule has 0 aliphatic carbocycles. The highest BCUT2D eigenvalue weighted by Gasteiger charge is 2.25. The van der Waals surface area contributed by atoms with E-state index in [4.69, 9.17) is 5.73 Å². The third-order valence-corrected chi connectivity index (χ3v) is 4.40. The normalized spacial score (nSPS) is 20.7. The van der Waals surface area contributed by atoms with Gasteiger partial charge in [0.25, 0.3) is 0 Å². The number of likely N-dealkylation sites (tertiary alicyclic amines) is 1. The molecule has 1 aromatic heterocycles. The van der Waals surface area contributed by atoms with Gasteiger partial charge in [-0.2, -0.15) is 0 Å². The molecule has 0 spiro atoms. The average Bonchev–Trinajstić information content (AvgIpc) is 2.90. The van der Waals surface area contributed by atoms with Crippen LogP contribution in [0, 0.1) is 5.92 Å². The van der Waals surface area contributed by atoms with E-state index >= 15 is 0 Å². The highest BCUT2D eigenvalue weighted by molar-refractivity contribution is 5.86. The Balaban J connectivity index is 1.70. The largest absolute Gasteiger partial charge is 0.361 e. The number of aromatic amines is 1. The fourth-order valence-corrected chi connectivity index (χ4v) is 3.25. The average molecular weight is 285 g/mol. The Morgan fingerprint density at radius 3 is 3.10 bits per heavy atom. The van der Waals surface area contributed by atoms with Gasteiger partial charge in [-0.3, -0.25) is 4.79 Å². The maximum Gasteiger partial charge on any atom is 0.239 e. The van der Waals surface area contributed by atoms with Crippen molar-refractivity contribution in [3.8, 4) is 0 Å². The second-order valence-corrected chi connectivity index (χ2v) is 6.20. The first-order valence-electron chi connectivity index (χ1n) is 7.74. The number of H-pyrrole nitrogens is 1. The van der Waals surface area contributed by atoms with Crippen molar-refractivity contribution in [3.63, 3.8) is 0 Å². The van der Waals surface area contributed by atoms with Crippen molar-refractivity contribution in [1.29, 1.82) is 0 Å². The Labute approximate surface area is 125 Å². The summed E-state index contributed by atoms with van der Waals surface area (Å²) in [6, 6.07) is 7.68. The molecule has 21 heavy (non-hydrogen) atoms. The van der Waals surface area contributed by atoms with Gasteiger partial charge < -0.3 is 15.6 Å². The molecule has 1 unspecified atom stereocenters. The van der Waals surface area contributed by atoms with Crippen LogP contribution in [0.4, 0.5) is 0 Å². The SMILES string of the molecule is CC1CCCN(C(=O)[C@H](N)Cc2c[nH]c3ccccc23)C1. The smallest absolute Gasteiger partial charge is 0.239 e. The van der Waals surface area contributed by atoms with E-state index < -0.39 is 6.04 Å². The molecule has 3 N–H and O–H groups in total. The summed E-state index contributed by atoms with van der Waals surface area (Å²) in [5, 5.41) is 1.16. The van der Waals surface area contributed by atoms with E-state index in [1.165, 1.54) is 6.42 Å². The Hall–Kier alpha value is -1.81. The minimum Gasteiger partial charge on any atom is -0.361 e. The van der Waals surface area contributed by atoms with Crippen molar-refractivity contribution in [2.75, 3.05) is 13.1 Å². The van der Waals surface area contributed by atoms with Gasteiger partial charge in [0.1, 0.15) is 0 Å². The molecule has 2 atom stereocenters. The van der Waals surface area contributed by atoms with Gasteiger partial charge in [0.2, 0.25) is 5.91 Å². The summed E-state index contributed by atoms with van der Waals surface area (Å²) in [5.41, 5.74) is 8.39. The topological polar surface area (TPSA) is 62.1 Å². The molecule has 1 aromatic carbocycles. The molecule has 1 amide bonds. The molecule has 2 heterocycles. The maximum absolute atomic E-state index is 12.5. The summed E-state index contributed by atoms with van der Waals surface area (Å²) in [4.78, 5) is 17.7. The predicted octanol–water partition coefficient (Wildman–Crippen LogP) is 2.30. The van der Waals surface area contributed by atoms with E-state index in [9.17, 15) is 4.79 Å². The Bertz CT molecular complexity index is 634. The minimum atomic E-state index is -0.450. The fraction of sp³-hybridized carbons (Fsp3) is 0.471. The van der Waals surface area contributed by atoms with Crippen LogP contribution in [0.25, 0.3) is 10.9 Å². The Kier molecular flexibility index (Phi) is 3.97. The molecule has 4 heteroatoms. The van der Waals surface area contributed by atoms with E-state index in [0.717, 1.165) is 36.0 Å². The summed E-state index contributed by atoms with van der Waals surface area (Å²) in [6.45, 7) is 3.90. The van der Waals surface area contributed by atoms with Gasteiger partial charge >= 0.3 is 0 Å². The first-order valence-corrected chi connectivity index (χ1v) is 7.74. The highest BCUT2D eigenvalue weighted by Crippen LogP contribution is 2.20. The van der Waals surface area contributed by atoms with E-state index in [1.54, 1.807) is 0 Å². The number of benzene rings is 1. The van der Waals surface area contributed by atoms with Crippen molar-refractivity contribution >= 4 is 16.8 Å². The zero-order valence-corrected chi connectivity index (χ0v) is 12.5. The summed E-state index contributed by atoms with van der Waals surface area (Å²) >= 11 is 0. The lowest BCUT2D eigenvalue weighted by Gasteiger charge is -2.32. The van der Waals surface area contributed by atoms with Crippen LogP contribution >= 0.6 is 0 Å². The lowest BCUT2D eigenvalue weighted by atomic mass is 9.98. The van der Waals surface area contributed by atoms with Gasteiger partial charge in [-0.05, 0) is 36.8 Å². The Morgan fingerprint density at radius 1 is 1.48 bits per heavy atom. The van der Waals surface area contributed by atoms with Gasteiger partial charge in [0, 0.05) is 30.2 Å². The van der Waals surface area contributed by atoms with E-state index in [1.807, 2.05) is 29.3 Å². The summed E-state index contributed by atoms with van der Waals surface area (Å²) in [6.07, 6.45) is 4.86. The number of nitrogens with one attached hydrogen (secondary N) is 1. The molecule has 1 aliphatic rings. The van der Waals surface area contributed by atoms with Gasteiger partial charge in [0.05, 0.1) is 6.04 Å². The molecule has 3 rings (SSSR count). The summed E-state index contributed by atoms with van der Waals surface area (Å²) < 4.78 is 0. The fourth-order valence-electron chi connectivity index (χ4n) is 3.25. The quantitative estimate of drug-likeness (QED) is 0.909. The van der Waals surface area contributed by atoms with E-state index in [-0.39, 0.29) is 5.91 Å². The van der Waals surface area contributed by atoms with Gasteiger partial charge in [0.15, 0.2) is 0 Å². The Morgan fingerprint density at radius 2 is 2.29 bits per heavy atom. The van der Waals surface area contributed by atoms with Gasteiger partial charge in [-0.15, -0.1) is 0 Å². The standard InChI is InChI=1S/C17H23N3O/c1-12-5-4-8-20(11-12)17(21)15(18)9-13-10-19-16-7-3-2-6-14(13)16/h2-3,6-7,10,12,15,19H,4-5,8-9,11,18H2,1H3/t12?,15-/m1/s1. The maximum atomic E-state index is 12.5. The number of hydrogen-bond acceptors (Lipinski definition) is 2. The molecule has 0 radical (unpaired) electrons. The van der Waals surface area contributed by atoms with Crippen molar-refractivity contribution < 1.29 is 4.79 Å². The van der Waals surface area contributed by atoms with Crippen LogP contribution in [0.5, 0.6) is 0 Å². The minimum absolute atomic E-state index is 0.0897. The molecule has 1 saturated heterocycles. The second-order valence-electron chi connectivity index (χ2n) is 6.20. The number of aromatic nitrogens is 1. The van der Waals surface area contributed by atoms with Crippen LogP contribution in [0.1, 0.15) is 25.3 Å². The van der Waals surface area contributed by atoms with E-state index in [2.05, 4.69) is 18.0 Å². The number of para-hydroxylation sites is 1. The van der Waals surface area contributed by atoms with Gasteiger partial charge in [-0.1, -0.05) is 25.1 Å².